The first-order valence-corrected chi connectivity index (χ1v) is 13.0. The molecule has 152 valence electrons. The van der Waals surface area contributed by atoms with Crippen molar-refractivity contribution in [2.75, 3.05) is 16.4 Å². The van der Waals surface area contributed by atoms with Gasteiger partial charge in [-0.25, -0.2) is 8.42 Å². The molecule has 0 bridgehead atoms. The van der Waals surface area contributed by atoms with Crippen molar-refractivity contribution in [1.29, 1.82) is 0 Å². The number of benzene rings is 1. The van der Waals surface area contributed by atoms with E-state index in [2.05, 4.69) is 4.99 Å². The molecule has 2 atom stereocenters. The van der Waals surface area contributed by atoms with Gasteiger partial charge in [0.25, 0.3) is 0 Å². The average Bonchev–Trinajstić information content (AvgIpc) is 3.30. The number of halogens is 2. The lowest BCUT2D eigenvalue weighted by atomic mass is 10.0. The summed E-state index contributed by atoms with van der Waals surface area (Å²) in [6, 6.07) is 4.94. The molecule has 1 aromatic carbocycles. The number of nitrogens with zero attached hydrogens (tertiary/aromatic N) is 2. The van der Waals surface area contributed by atoms with Gasteiger partial charge in [-0.3, -0.25) is 4.79 Å². The number of sulfone groups is 1. The summed E-state index contributed by atoms with van der Waals surface area (Å²) in [5.41, 5.74) is 0.717. The maximum Gasteiger partial charge on any atom is 0.248 e. The lowest BCUT2D eigenvalue weighted by molar-refractivity contribution is -0.118. The van der Waals surface area contributed by atoms with Gasteiger partial charge in [0.1, 0.15) is 0 Å². The molecule has 1 saturated carbocycles. The molecular weight excluding hydrogens is 439 g/mol. The number of hydrogen-bond acceptors (Lipinski definition) is 4. The Morgan fingerprint density at radius 1 is 1.18 bits per heavy atom. The fourth-order valence-electron chi connectivity index (χ4n) is 4.29. The van der Waals surface area contributed by atoms with Crippen molar-refractivity contribution in [2.45, 2.75) is 49.8 Å². The largest absolute Gasteiger partial charge is 0.316 e. The van der Waals surface area contributed by atoms with Gasteiger partial charge in [0.2, 0.25) is 5.91 Å². The molecule has 0 unspecified atom stereocenters. The van der Waals surface area contributed by atoms with Crippen LogP contribution in [0.25, 0.3) is 0 Å². The van der Waals surface area contributed by atoms with Gasteiger partial charge in [-0.1, -0.05) is 60.6 Å². The van der Waals surface area contributed by atoms with Crippen molar-refractivity contribution in [3.8, 4) is 0 Å². The van der Waals surface area contributed by atoms with E-state index in [0.29, 0.717) is 33.2 Å². The van der Waals surface area contributed by atoms with Crippen LogP contribution in [0.3, 0.4) is 0 Å². The summed E-state index contributed by atoms with van der Waals surface area (Å²) in [7, 11) is -3.10. The van der Waals surface area contributed by atoms with Gasteiger partial charge in [0, 0.05) is 17.4 Å². The van der Waals surface area contributed by atoms with Crippen LogP contribution in [0, 0.1) is 5.92 Å². The molecule has 1 aromatic rings. The predicted molar refractivity (Wildman–Crippen MR) is 116 cm³/mol. The van der Waals surface area contributed by atoms with Crippen molar-refractivity contribution >= 4 is 61.6 Å². The SMILES string of the molecule is O=C(CCC1CCCC1)N=C1S[C@@H]2CS(=O)(=O)C[C@H]2N1c1ccc(Cl)c(Cl)c1. The first kappa shape index (κ1) is 20.5. The smallest absolute Gasteiger partial charge is 0.248 e. The van der Waals surface area contributed by atoms with E-state index in [0.717, 1.165) is 6.42 Å². The molecule has 0 spiro atoms. The number of carbonyl (C=O) groups excluding carboxylic acids is 1. The Morgan fingerprint density at radius 3 is 2.64 bits per heavy atom. The highest BCUT2D eigenvalue weighted by Crippen LogP contribution is 2.42. The standard InChI is InChI=1S/C19H22Cl2N2O3S2/c20-14-7-6-13(9-15(14)21)23-16-10-28(25,26)11-17(16)27-19(23)22-18(24)8-5-12-3-1-2-4-12/h6-7,9,12,16-17H,1-5,8,10-11H2/t16-,17-/m1/s1. The third-order valence-corrected chi connectivity index (χ3v) is 9.66. The Morgan fingerprint density at radius 2 is 1.93 bits per heavy atom. The highest BCUT2D eigenvalue weighted by molar-refractivity contribution is 8.16. The lowest BCUT2D eigenvalue weighted by Crippen LogP contribution is -2.37. The first-order valence-electron chi connectivity index (χ1n) is 9.55. The summed E-state index contributed by atoms with van der Waals surface area (Å²) < 4.78 is 24.3. The number of fused-ring (bicyclic) bond motifs is 1. The molecule has 2 saturated heterocycles. The van der Waals surface area contributed by atoms with Gasteiger partial charge in [-0.15, -0.1) is 0 Å². The molecule has 5 nitrogen and oxygen atoms in total. The van der Waals surface area contributed by atoms with Gasteiger partial charge in [-0.2, -0.15) is 4.99 Å². The zero-order chi connectivity index (χ0) is 19.9. The van der Waals surface area contributed by atoms with Gasteiger partial charge in [0.05, 0.1) is 27.6 Å². The molecule has 0 radical (unpaired) electrons. The topological polar surface area (TPSA) is 66.8 Å². The van der Waals surface area contributed by atoms with Crippen LogP contribution in [0.1, 0.15) is 38.5 Å². The van der Waals surface area contributed by atoms with Crippen LogP contribution in [0.5, 0.6) is 0 Å². The Hall–Kier alpha value is -0.760. The Bertz CT molecular complexity index is 914. The van der Waals surface area contributed by atoms with E-state index < -0.39 is 9.84 Å². The Kier molecular flexibility index (Phi) is 5.98. The van der Waals surface area contributed by atoms with Crippen LogP contribution in [-0.2, 0) is 14.6 Å². The molecule has 9 heteroatoms. The maximum atomic E-state index is 12.5. The number of hydrogen-bond donors (Lipinski definition) is 0. The van der Waals surface area contributed by atoms with Crippen molar-refractivity contribution in [3.05, 3.63) is 28.2 Å². The van der Waals surface area contributed by atoms with E-state index in [1.54, 1.807) is 18.2 Å². The second kappa shape index (κ2) is 8.17. The van der Waals surface area contributed by atoms with Crippen molar-refractivity contribution < 1.29 is 13.2 Å². The zero-order valence-electron chi connectivity index (χ0n) is 15.3. The summed E-state index contributed by atoms with van der Waals surface area (Å²) in [6.45, 7) is 0. The van der Waals surface area contributed by atoms with Crippen molar-refractivity contribution in [1.82, 2.24) is 0 Å². The predicted octanol–water partition coefficient (Wildman–Crippen LogP) is 4.57. The third-order valence-electron chi connectivity index (χ3n) is 5.71. The maximum absolute atomic E-state index is 12.5. The van der Waals surface area contributed by atoms with Gasteiger partial charge >= 0.3 is 0 Å². The molecule has 3 fully saturated rings. The molecule has 1 amide bonds. The van der Waals surface area contributed by atoms with Crippen LogP contribution in [0.15, 0.2) is 23.2 Å². The van der Waals surface area contributed by atoms with Crippen LogP contribution >= 0.6 is 35.0 Å². The Balaban J connectivity index is 1.57. The van der Waals surface area contributed by atoms with E-state index in [1.807, 2.05) is 4.90 Å². The molecule has 28 heavy (non-hydrogen) atoms. The normalized spacial score (nSPS) is 28.2. The summed E-state index contributed by atoms with van der Waals surface area (Å²) in [5, 5.41) is 1.26. The van der Waals surface area contributed by atoms with Gasteiger partial charge in [-0.05, 0) is 30.5 Å². The summed E-state index contributed by atoms with van der Waals surface area (Å²) >= 11 is 13.6. The number of amidine groups is 1. The number of anilines is 1. The van der Waals surface area contributed by atoms with Crippen molar-refractivity contribution in [3.63, 3.8) is 0 Å². The number of aliphatic imine (C=N–C) groups is 1. The van der Waals surface area contributed by atoms with E-state index in [9.17, 15) is 13.2 Å². The second-order valence-corrected chi connectivity index (χ2v) is 11.9. The van der Waals surface area contributed by atoms with Crippen LogP contribution in [-0.4, -0.2) is 42.3 Å². The molecule has 2 heterocycles. The molecule has 2 aliphatic heterocycles. The highest BCUT2D eigenvalue weighted by Gasteiger charge is 2.49. The minimum absolute atomic E-state index is 0.0558. The van der Waals surface area contributed by atoms with E-state index in [-0.39, 0.29) is 28.7 Å². The first-order chi connectivity index (χ1) is 13.3. The summed E-state index contributed by atoms with van der Waals surface area (Å²) in [6.07, 6.45) is 6.25. The van der Waals surface area contributed by atoms with Gasteiger partial charge < -0.3 is 4.90 Å². The molecule has 0 N–H and O–H groups in total. The van der Waals surface area contributed by atoms with E-state index in [4.69, 9.17) is 23.2 Å². The monoisotopic (exact) mass is 460 g/mol. The summed E-state index contributed by atoms with van der Waals surface area (Å²) in [4.78, 5) is 18.7. The molecule has 0 aromatic heterocycles. The molecule has 4 rings (SSSR count). The summed E-state index contributed by atoms with van der Waals surface area (Å²) in [5.74, 6) is 0.661. The molecule has 1 aliphatic carbocycles. The Labute approximate surface area is 179 Å². The number of carbonyl (C=O) groups is 1. The van der Waals surface area contributed by atoms with Gasteiger partial charge in [0.15, 0.2) is 15.0 Å². The molecule has 3 aliphatic rings. The zero-order valence-corrected chi connectivity index (χ0v) is 18.5. The van der Waals surface area contributed by atoms with Crippen LogP contribution in [0.4, 0.5) is 5.69 Å². The fraction of sp³-hybridized carbons (Fsp3) is 0.579. The van der Waals surface area contributed by atoms with Crippen LogP contribution < -0.4 is 4.90 Å². The number of thioether (sulfide) groups is 1. The quantitative estimate of drug-likeness (QED) is 0.658. The van der Waals surface area contributed by atoms with E-state index >= 15 is 0 Å². The van der Waals surface area contributed by atoms with Crippen molar-refractivity contribution in [2.24, 2.45) is 10.9 Å². The van der Waals surface area contributed by atoms with E-state index in [1.165, 1.54) is 37.4 Å². The molecular formula is C19H22Cl2N2O3S2. The number of rotatable bonds is 4. The number of amides is 1. The lowest BCUT2D eigenvalue weighted by Gasteiger charge is -2.24. The average molecular weight is 461 g/mol. The second-order valence-electron chi connectivity index (χ2n) is 7.75. The third kappa shape index (κ3) is 4.37. The minimum atomic E-state index is -3.10. The highest BCUT2D eigenvalue weighted by atomic mass is 35.5. The fourth-order valence-corrected chi connectivity index (χ4v) is 8.51. The van der Waals surface area contributed by atoms with Crippen LogP contribution in [0.2, 0.25) is 10.0 Å². The minimum Gasteiger partial charge on any atom is -0.316 e.